The van der Waals surface area contributed by atoms with Gasteiger partial charge < -0.3 is 13.7 Å². The van der Waals surface area contributed by atoms with E-state index in [9.17, 15) is 10.5 Å². The normalized spacial score (nSPS) is 11.6. The highest BCUT2D eigenvalue weighted by molar-refractivity contribution is 6.17. The second kappa shape index (κ2) is 11.8. The minimum Gasteiger partial charge on any atom is -0.309 e. The Morgan fingerprint density at radius 2 is 0.836 bits per heavy atom. The molecule has 0 aliphatic heterocycles. The summed E-state index contributed by atoms with van der Waals surface area (Å²) in [5, 5.41) is 26.7. The molecule has 0 aliphatic rings. The molecule has 8 aromatic carbocycles. The van der Waals surface area contributed by atoms with Gasteiger partial charge in [-0.2, -0.15) is 10.5 Å². The number of fused-ring (bicyclic) bond motifs is 9. The maximum Gasteiger partial charge on any atom is 0.0992 e. The fourth-order valence-corrected chi connectivity index (χ4v) is 8.77. The molecule has 11 rings (SSSR count). The Kier molecular flexibility index (Phi) is 6.61. The van der Waals surface area contributed by atoms with Crippen LogP contribution in [0.2, 0.25) is 0 Å². The van der Waals surface area contributed by atoms with E-state index in [1.807, 2.05) is 36.4 Å². The third kappa shape index (κ3) is 4.45. The van der Waals surface area contributed by atoms with E-state index in [0.717, 1.165) is 82.8 Å². The van der Waals surface area contributed by atoms with Crippen LogP contribution in [0.15, 0.2) is 176 Å². The van der Waals surface area contributed by atoms with Crippen LogP contribution in [0.5, 0.6) is 0 Å². The predicted molar refractivity (Wildman–Crippen MR) is 224 cm³/mol. The van der Waals surface area contributed by atoms with Crippen molar-refractivity contribution in [2.75, 3.05) is 0 Å². The molecule has 0 saturated heterocycles. The van der Waals surface area contributed by atoms with Crippen molar-refractivity contribution in [3.8, 4) is 40.3 Å². The number of nitriles is 2. The molecule has 0 N–H and O–H groups in total. The van der Waals surface area contributed by atoms with Crippen molar-refractivity contribution in [1.82, 2.24) is 13.7 Å². The fourth-order valence-electron chi connectivity index (χ4n) is 8.77. The number of nitrogens with zero attached hydrogens (tertiary/aromatic N) is 5. The maximum atomic E-state index is 10.2. The van der Waals surface area contributed by atoms with Crippen molar-refractivity contribution < 1.29 is 0 Å². The fraction of sp³-hybridized carbons (Fsp3) is 0. The SMILES string of the molecule is N#Cc1ccc(-c2ccc(-n3c4ccccc4c4cc(C#N)ccc43)cc2)c(-n2c3ccccc3c3c(-n4c5ccccc5c5ccccc54)cccc32)c1. The Bertz CT molecular complexity index is 3400. The molecular weight excluding hydrogens is 671 g/mol. The molecule has 0 atom stereocenters. The summed E-state index contributed by atoms with van der Waals surface area (Å²) in [7, 11) is 0. The summed E-state index contributed by atoms with van der Waals surface area (Å²) in [5.74, 6) is 0. The number of para-hydroxylation sites is 4. The van der Waals surface area contributed by atoms with Gasteiger partial charge in [-0.05, 0) is 84.4 Å². The maximum absolute atomic E-state index is 10.2. The molecule has 5 heteroatoms. The average molecular weight is 700 g/mol. The molecule has 0 aliphatic carbocycles. The Hall–Kier alpha value is -7.86. The molecule has 5 nitrogen and oxygen atoms in total. The van der Waals surface area contributed by atoms with Gasteiger partial charge in [0.1, 0.15) is 0 Å². The highest BCUT2D eigenvalue weighted by atomic mass is 15.0. The molecule has 254 valence electrons. The molecule has 3 heterocycles. The molecule has 0 spiro atoms. The van der Waals surface area contributed by atoms with Crippen molar-refractivity contribution in [3.05, 3.63) is 187 Å². The first-order valence-corrected chi connectivity index (χ1v) is 18.3. The van der Waals surface area contributed by atoms with Gasteiger partial charge in [0.2, 0.25) is 0 Å². The zero-order valence-corrected chi connectivity index (χ0v) is 29.5. The summed E-state index contributed by atoms with van der Waals surface area (Å²) in [6.07, 6.45) is 0. The second-order valence-electron chi connectivity index (χ2n) is 14.0. The predicted octanol–water partition coefficient (Wildman–Crippen LogP) is 12.4. The lowest BCUT2D eigenvalue weighted by molar-refractivity contribution is 1.16. The lowest BCUT2D eigenvalue weighted by atomic mass is 10.0. The summed E-state index contributed by atoms with van der Waals surface area (Å²) in [6.45, 7) is 0. The summed E-state index contributed by atoms with van der Waals surface area (Å²) >= 11 is 0. The first-order chi connectivity index (χ1) is 27.2. The molecule has 0 amide bonds. The lowest BCUT2D eigenvalue weighted by Gasteiger charge is -2.16. The number of hydrogen-bond acceptors (Lipinski definition) is 2. The van der Waals surface area contributed by atoms with Gasteiger partial charge in [0.25, 0.3) is 0 Å². The molecule has 0 saturated carbocycles. The molecular formula is C50H29N5. The Morgan fingerprint density at radius 3 is 1.49 bits per heavy atom. The van der Waals surface area contributed by atoms with Gasteiger partial charge in [0.05, 0.1) is 67.7 Å². The van der Waals surface area contributed by atoms with Gasteiger partial charge >= 0.3 is 0 Å². The highest BCUT2D eigenvalue weighted by Gasteiger charge is 2.21. The van der Waals surface area contributed by atoms with Crippen LogP contribution >= 0.6 is 0 Å². The Labute approximate surface area is 316 Å². The van der Waals surface area contributed by atoms with Crippen molar-refractivity contribution in [2.24, 2.45) is 0 Å². The molecule has 55 heavy (non-hydrogen) atoms. The molecule has 0 bridgehead atoms. The van der Waals surface area contributed by atoms with E-state index in [-0.39, 0.29) is 0 Å². The van der Waals surface area contributed by atoms with Gasteiger partial charge in [0.15, 0.2) is 0 Å². The van der Waals surface area contributed by atoms with Gasteiger partial charge in [0, 0.05) is 43.6 Å². The standard InChI is InChI=1S/C50H29N5/c51-30-32-21-27-46-41(28-32)39-12-3-5-14-42(39)53(46)35-24-22-34(23-25-35)36-26-20-33(31-52)29-49(36)55-45-17-8-4-13-40(45)50-47(18-9-19-48(50)55)54-43-15-6-1-10-37(43)38-11-2-7-16-44(38)54/h1-29H. The van der Waals surface area contributed by atoms with Crippen LogP contribution in [-0.4, -0.2) is 13.7 Å². The Morgan fingerprint density at radius 1 is 0.345 bits per heavy atom. The number of aromatic nitrogens is 3. The van der Waals surface area contributed by atoms with Crippen molar-refractivity contribution in [1.29, 1.82) is 10.5 Å². The Balaban J connectivity index is 1.14. The van der Waals surface area contributed by atoms with E-state index >= 15 is 0 Å². The quantitative estimate of drug-likeness (QED) is 0.184. The van der Waals surface area contributed by atoms with E-state index in [4.69, 9.17) is 0 Å². The van der Waals surface area contributed by atoms with Gasteiger partial charge in [-0.15, -0.1) is 0 Å². The summed E-state index contributed by atoms with van der Waals surface area (Å²) < 4.78 is 6.98. The zero-order chi connectivity index (χ0) is 36.6. The largest absolute Gasteiger partial charge is 0.309 e. The van der Waals surface area contributed by atoms with Crippen LogP contribution in [0, 0.1) is 22.7 Å². The molecule has 3 aromatic heterocycles. The van der Waals surface area contributed by atoms with Gasteiger partial charge in [-0.25, -0.2) is 0 Å². The highest BCUT2D eigenvalue weighted by Crippen LogP contribution is 2.42. The summed E-state index contributed by atoms with van der Waals surface area (Å²) in [5.41, 5.74) is 13.0. The zero-order valence-electron chi connectivity index (χ0n) is 29.5. The topological polar surface area (TPSA) is 62.4 Å². The van der Waals surface area contributed by atoms with Crippen LogP contribution in [0.4, 0.5) is 0 Å². The van der Waals surface area contributed by atoms with Crippen molar-refractivity contribution in [2.45, 2.75) is 0 Å². The van der Waals surface area contributed by atoms with E-state index in [1.165, 1.54) is 10.8 Å². The van der Waals surface area contributed by atoms with Crippen molar-refractivity contribution in [3.63, 3.8) is 0 Å². The molecule has 0 fully saturated rings. The first kappa shape index (κ1) is 30.7. The van der Waals surface area contributed by atoms with E-state index in [0.29, 0.717) is 11.1 Å². The van der Waals surface area contributed by atoms with Crippen LogP contribution in [0.3, 0.4) is 0 Å². The van der Waals surface area contributed by atoms with Gasteiger partial charge in [-0.1, -0.05) is 97.1 Å². The second-order valence-corrected chi connectivity index (χ2v) is 14.0. The number of rotatable bonds is 4. The third-order valence-corrected chi connectivity index (χ3v) is 11.1. The van der Waals surface area contributed by atoms with E-state index in [2.05, 4.69) is 165 Å². The van der Waals surface area contributed by atoms with Crippen LogP contribution in [0.1, 0.15) is 11.1 Å². The van der Waals surface area contributed by atoms with Gasteiger partial charge in [-0.3, -0.25) is 0 Å². The molecule has 0 unspecified atom stereocenters. The lowest BCUT2D eigenvalue weighted by Crippen LogP contribution is -2.00. The average Bonchev–Trinajstić information content (AvgIpc) is 3.89. The number of hydrogen-bond donors (Lipinski definition) is 0. The van der Waals surface area contributed by atoms with Crippen LogP contribution in [0.25, 0.3) is 93.6 Å². The number of benzene rings is 8. The summed E-state index contributed by atoms with van der Waals surface area (Å²) in [6, 6.07) is 66.0. The third-order valence-electron chi connectivity index (χ3n) is 11.1. The first-order valence-electron chi connectivity index (χ1n) is 18.3. The van der Waals surface area contributed by atoms with Crippen LogP contribution < -0.4 is 0 Å². The minimum atomic E-state index is 0.599. The smallest absolute Gasteiger partial charge is 0.0992 e. The molecule has 0 radical (unpaired) electrons. The van der Waals surface area contributed by atoms with E-state index < -0.39 is 0 Å². The van der Waals surface area contributed by atoms with E-state index in [1.54, 1.807) is 0 Å². The molecule has 11 aromatic rings. The minimum absolute atomic E-state index is 0.599. The van der Waals surface area contributed by atoms with Crippen molar-refractivity contribution >= 4 is 65.4 Å². The summed E-state index contributed by atoms with van der Waals surface area (Å²) in [4.78, 5) is 0. The van der Waals surface area contributed by atoms with Crippen LogP contribution in [-0.2, 0) is 0 Å². The monoisotopic (exact) mass is 699 g/mol.